The topological polar surface area (TPSA) is 193 Å². The van der Waals surface area contributed by atoms with Crippen LogP contribution in [0.4, 0.5) is 11.4 Å². The summed E-state index contributed by atoms with van der Waals surface area (Å²) in [4.78, 5) is 71.1. The van der Waals surface area contributed by atoms with Crippen molar-refractivity contribution in [3.05, 3.63) is 92.7 Å². The fourth-order valence-corrected chi connectivity index (χ4v) is 8.82. The molecule has 4 atom stereocenters. The van der Waals surface area contributed by atoms with Crippen molar-refractivity contribution in [1.82, 2.24) is 15.3 Å². The first-order chi connectivity index (χ1) is 28.3. The number of esters is 2. The summed E-state index contributed by atoms with van der Waals surface area (Å²) in [6.45, 7) is 14.8. The normalized spacial score (nSPS) is 19.7. The fourth-order valence-electron chi connectivity index (χ4n) is 8.82. The van der Waals surface area contributed by atoms with Gasteiger partial charge in [0, 0.05) is 78.3 Å². The molecule has 6 N–H and O–H groups in total. The van der Waals surface area contributed by atoms with E-state index in [9.17, 15) is 19.2 Å². The highest BCUT2D eigenvalue weighted by atomic mass is 16.5. The van der Waals surface area contributed by atoms with E-state index in [2.05, 4.69) is 54.9 Å². The number of hydrogen-bond acceptors (Lipinski definition) is 9. The number of H-pyrrole nitrogens is 2. The van der Waals surface area contributed by atoms with Gasteiger partial charge in [-0.1, -0.05) is 38.6 Å². The predicted molar refractivity (Wildman–Crippen MR) is 233 cm³/mol. The van der Waals surface area contributed by atoms with Gasteiger partial charge in [-0.15, -0.1) is 0 Å². The number of nitrogen functional groups attached to an aromatic ring is 1. The molecule has 0 saturated carbocycles. The lowest BCUT2D eigenvalue weighted by atomic mass is 9.80. The lowest BCUT2D eigenvalue weighted by molar-refractivity contribution is -0.140. The number of ether oxygens (including phenoxy) is 2. The molecule has 8 bridgehead atoms. The maximum absolute atomic E-state index is 14.1. The highest BCUT2D eigenvalue weighted by molar-refractivity contribution is 6.12. The maximum atomic E-state index is 14.1. The average Bonchev–Trinajstić information content (AvgIpc) is 3.90. The molecule has 0 spiro atoms. The van der Waals surface area contributed by atoms with E-state index in [1.807, 2.05) is 25.1 Å². The Bertz CT molecular complexity index is 2290. The number of aliphatic imine (C=N–C) groups is 2. The molecule has 0 fully saturated rings. The van der Waals surface area contributed by atoms with Crippen molar-refractivity contribution in [2.75, 3.05) is 31.8 Å². The van der Waals surface area contributed by atoms with Gasteiger partial charge < -0.3 is 35.8 Å². The number of fused-ring (bicyclic) bond motifs is 6. The molecule has 0 radical (unpaired) electrons. The van der Waals surface area contributed by atoms with Gasteiger partial charge in [-0.25, -0.2) is 4.79 Å². The number of amides is 2. The summed E-state index contributed by atoms with van der Waals surface area (Å²) in [6, 6.07) is 7.02. The number of nitrogens with zero attached hydrogens (tertiary/aromatic N) is 2. The van der Waals surface area contributed by atoms with Gasteiger partial charge in [-0.2, -0.15) is 0 Å². The number of nitrogens with two attached hydrogens (primary N) is 1. The molecule has 3 aromatic rings. The van der Waals surface area contributed by atoms with Gasteiger partial charge in [0.1, 0.15) is 5.92 Å². The zero-order chi connectivity index (χ0) is 42.5. The highest BCUT2D eigenvalue weighted by Crippen LogP contribution is 2.43. The van der Waals surface area contributed by atoms with Gasteiger partial charge in [-0.3, -0.25) is 24.4 Å². The number of aromatic amines is 2. The van der Waals surface area contributed by atoms with E-state index in [1.165, 1.54) is 25.4 Å². The molecule has 1 aromatic carbocycles. The van der Waals surface area contributed by atoms with E-state index < -0.39 is 17.9 Å². The lowest BCUT2D eigenvalue weighted by Gasteiger charge is -2.23. The van der Waals surface area contributed by atoms with Gasteiger partial charge in [0.2, 0.25) is 11.8 Å². The fraction of sp³-hybridized carbons (Fsp3) is 0.435. The number of benzene rings is 1. The van der Waals surface area contributed by atoms with Crippen LogP contribution in [0, 0.1) is 25.7 Å². The summed E-state index contributed by atoms with van der Waals surface area (Å²) < 4.78 is 10.8. The predicted octanol–water partition coefficient (Wildman–Crippen LogP) is 7.33. The van der Waals surface area contributed by atoms with Crippen LogP contribution in [0.15, 0.2) is 57.7 Å². The molecule has 0 saturated heterocycles. The van der Waals surface area contributed by atoms with E-state index in [-0.39, 0.29) is 41.7 Å². The first-order valence-electron chi connectivity index (χ1n) is 20.5. The van der Waals surface area contributed by atoms with Crippen LogP contribution >= 0.6 is 0 Å². The quantitative estimate of drug-likeness (QED) is 0.0678. The zero-order valence-electron chi connectivity index (χ0n) is 35.3. The third-order valence-electron chi connectivity index (χ3n) is 12.2. The highest BCUT2D eigenvalue weighted by Gasteiger charge is 2.44. The van der Waals surface area contributed by atoms with Crippen LogP contribution in [0.5, 0.6) is 0 Å². The van der Waals surface area contributed by atoms with Crippen molar-refractivity contribution in [1.29, 1.82) is 0 Å². The van der Waals surface area contributed by atoms with Gasteiger partial charge >= 0.3 is 11.9 Å². The second-order valence-electron chi connectivity index (χ2n) is 15.7. The Balaban J connectivity index is 1.31. The Hall–Kier alpha value is -5.98. The first kappa shape index (κ1) is 42.6. The number of nitrogens with one attached hydrogen (secondary N) is 4. The molecular weight excluding hydrogens is 747 g/mol. The Morgan fingerprint density at radius 1 is 1.00 bits per heavy atom. The Labute approximate surface area is 346 Å². The molecule has 13 nitrogen and oxygen atoms in total. The van der Waals surface area contributed by atoms with Crippen LogP contribution in [0.1, 0.15) is 115 Å². The van der Waals surface area contributed by atoms with Gasteiger partial charge in [0.05, 0.1) is 42.9 Å². The number of allylic oxidation sites excluding steroid dienone is 2. The maximum Gasteiger partial charge on any atom is 0.340 e. The van der Waals surface area contributed by atoms with Crippen molar-refractivity contribution >= 4 is 58.7 Å². The molecule has 2 amide bonds. The minimum absolute atomic E-state index is 0.0766. The first-order valence-corrected chi connectivity index (χ1v) is 20.5. The summed E-state index contributed by atoms with van der Waals surface area (Å²) in [6.07, 6.45) is 7.83. The van der Waals surface area contributed by atoms with Gasteiger partial charge in [0.15, 0.2) is 0 Å². The molecule has 3 aliphatic rings. The largest absolute Gasteiger partial charge is 0.468 e. The van der Waals surface area contributed by atoms with Crippen molar-refractivity contribution in [2.45, 2.75) is 97.9 Å². The van der Waals surface area contributed by atoms with E-state index in [4.69, 9.17) is 25.2 Å². The van der Waals surface area contributed by atoms with Gasteiger partial charge in [-0.05, 0) is 92.5 Å². The number of carbonyl (C=O) groups is 4. The van der Waals surface area contributed by atoms with Crippen LogP contribution < -0.4 is 16.4 Å². The molecular formula is C46H57N7O6. The summed E-state index contributed by atoms with van der Waals surface area (Å²) in [5.41, 5.74) is 17.6. The second-order valence-corrected chi connectivity index (χ2v) is 15.7. The summed E-state index contributed by atoms with van der Waals surface area (Å²) in [5, 5.41) is 5.83. The average molecular weight is 804 g/mol. The third-order valence-corrected chi connectivity index (χ3v) is 12.2. The molecule has 5 heterocycles. The summed E-state index contributed by atoms with van der Waals surface area (Å²) in [7, 11) is 2.65. The van der Waals surface area contributed by atoms with Crippen LogP contribution in [-0.4, -0.2) is 72.0 Å². The van der Waals surface area contributed by atoms with E-state index >= 15 is 0 Å². The summed E-state index contributed by atoms with van der Waals surface area (Å²) >= 11 is 0. The Morgan fingerprint density at radius 3 is 2.46 bits per heavy atom. The lowest BCUT2D eigenvalue weighted by Crippen LogP contribution is -2.32. The van der Waals surface area contributed by atoms with Crippen molar-refractivity contribution in [3.63, 3.8) is 0 Å². The number of anilines is 2. The molecule has 59 heavy (non-hydrogen) atoms. The molecule has 13 heteroatoms. The zero-order valence-corrected chi connectivity index (χ0v) is 35.3. The molecule has 312 valence electrons. The SMILES string of the molecule is C=Cc1c2[nH]c(c1C)C=C1N=C(C(C(=O)OC)c3[nH]c(c(C)c3C(=O)OC)CC3=NC(C2)C(C)=C3CC)[C@@H](CCC(=O)NCCCCC(=O)Nc2ccccc2N)[C@@H]1C. The minimum Gasteiger partial charge on any atom is -0.468 e. The minimum atomic E-state index is -1.08. The van der Waals surface area contributed by atoms with Crippen molar-refractivity contribution in [2.24, 2.45) is 21.8 Å². The molecule has 0 aliphatic carbocycles. The number of para-hydroxylation sites is 2. The number of carbonyl (C=O) groups excluding carboxylic acids is 4. The Morgan fingerprint density at radius 2 is 1.76 bits per heavy atom. The molecule has 2 aromatic heterocycles. The third kappa shape index (κ3) is 8.74. The van der Waals surface area contributed by atoms with E-state index in [1.54, 1.807) is 18.2 Å². The number of unbranched alkanes of at least 4 members (excludes halogenated alkanes) is 1. The Kier molecular flexibility index (Phi) is 13.2. The molecule has 2 unspecified atom stereocenters. The molecule has 6 rings (SSSR count). The van der Waals surface area contributed by atoms with E-state index in [0.29, 0.717) is 73.4 Å². The number of rotatable bonds is 13. The number of hydrogen-bond donors (Lipinski definition) is 5. The second kappa shape index (κ2) is 18.3. The smallest absolute Gasteiger partial charge is 0.340 e. The van der Waals surface area contributed by atoms with Crippen molar-refractivity contribution < 1.29 is 28.7 Å². The summed E-state index contributed by atoms with van der Waals surface area (Å²) in [5.74, 6) is -3.09. The van der Waals surface area contributed by atoms with Crippen LogP contribution in [0.3, 0.4) is 0 Å². The van der Waals surface area contributed by atoms with Crippen LogP contribution in [-0.2, 0) is 36.7 Å². The number of methoxy groups -OCH3 is 2. The van der Waals surface area contributed by atoms with Gasteiger partial charge in [0.25, 0.3) is 0 Å². The van der Waals surface area contributed by atoms with Crippen molar-refractivity contribution in [3.8, 4) is 0 Å². The number of aromatic nitrogens is 2. The standard InChI is InChI=1S/C46H57N7O6/c1-9-28-24(3)33-21-35-26(5)30(18-19-39(54)48-20-14-13-17-40(55)51-32-16-12-11-15-31(32)47)43(52-35)42(46(57)59-8)44-41(45(56)58-7)27(6)36(53-44)23-38-29(10-2)25(4)34(50-38)22-37(28)49-33/h9,11-12,15-16,21,26,30,34,42,49,53H,1,10,13-14,17-20,22-23,47H2,2-8H3,(H,48,54)(H,51,55)/t26-,30-,34?,42?/m0/s1. The van der Waals surface area contributed by atoms with E-state index in [0.717, 1.165) is 46.0 Å². The van der Waals surface area contributed by atoms with Crippen LogP contribution in [0.25, 0.3) is 12.2 Å². The van der Waals surface area contributed by atoms with Crippen LogP contribution in [0.2, 0.25) is 0 Å². The monoisotopic (exact) mass is 803 g/mol. The molecule has 3 aliphatic heterocycles.